The topological polar surface area (TPSA) is 57.6 Å². The Morgan fingerprint density at radius 1 is 1.41 bits per heavy atom. The molecule has 1 N–H and O–H groups in total. The Balaban J connectivity index is 2.82. The average molecular weight is 256 g/mol. The third-order valence-corrected chi connectivity index (χ3v) is 2.92. The van der Waals surface area contributed by atoms with Crippen molar-refractivity contribution in [2.75, 3.05) is 13.6 Å². The fraction of sp³-hybridized carbons (Fsp3) is 0.333. The molecule has 0 saturated heterocycles. The van der Waals surface area contributed by atoms with Crippen molar-refractivity contribution in [3.05, 3.63) is 34.3 Å². The zero-order valence-corrected chi connectivity index (χ0v) is 10.5. The maximum Gasteiger partial charge on any atom is 0.305 e. The first-order valence-corrected chi connectivity index (χ1v) is 5.53. The number of rotatable bonds is 4. The lowest BCUT2D eigenvalue weighted by Crippen LogP contribution is -2.29. The third-order valence-electron chi connectivity index (χ3n) is 2.51. The first kappa shape index (κ1) is 13.5. The second-order valence-electron chi connectivity index (χ2n) is 3.78. The molecule has 0 aliphatic heterocycles. The van der Waals surface area contributed by atoms with E-state index in [4.69, 9.17) is 16.7 Å². The Morgan fingerprint density at radius 2 is 2.06 bits per heavy atom. The van der Waals surface area contributed by atoms with Crippen LogP contribution in [0.25, 0.3) is 0 Å². The van der Waals surface area contributed by atoms with Gasteiger partial charge in [0.05, 0.1) is 6.42 Å². The van der Waals surface area contributed by atoms with Gasteiger partial charge in [0, 0.05) is 24.2 Å². The quantitative estimate of drug-likeness (QED) is 0.897. The van der Waals surface area contributed by atoms with Crippen molar-refractivity contribution in [2.24, 2.45) is 0 Å². The van der Waals surface area contributed by atoms with E-state index in [-0.39, 0.29) is 18.9 Å². The van der Waals surface area contributed by atoms with Crippen LogP contribution >= 0.6 is 11.6 Å². The average Bonchev–Trinajstić information content (AvgIpc) is 2.28. The van der Waals surface area contributed by atoms with Gasteiger partial charge >= 0.3 is 5.97 Å². The number of carbonyl (C=O) groups excluding carboxylic acids is 1. The molecule has 5 heteroatoms. The van der Waals surface area contributed by atoms with Crippen LogP contribution in [0, 0.1) is 6.92 Å². The maximum atomic E-state index is 12.0. The lowest BCUT2D eigenvalue weighted by Gasteiger charge is -2.17. The molecule has 0 aliphatic rings. The second-order valence-corrected chi connectivity index (χ2v) is 4.19. The van der Waals surface area contributed by atoms with Gasteiger partial charge in [0.15, 0.2) is 0 Å². The molecule has 0 spiro atoms. The zero-order chi connectivity index (χ0) is 13.0. The largest absolute Gasteiger partial charge is 0.481 e. The van der Waals surface area contributed by atoms with Gasteiger partial charge in [0.25, 0.3) is 5.91 Å². The lowest BCUT2D eigenvalue weighted by molar-refractivity contribution is -0.137. The number of amides is 1. The summed E-state index contributed by atoms with van der Waals surface area (Å²) >= 11 is 5.93. The van der Waals surface area contributed by atoms with Crippen molar-refractivity contribution in [3.63, 3.8) is 0 Å². The summed E-state index contributed by atoms with van der Waals surface area (Å²) in [5.41, 5.74) is 1.21. The monoisotopic (exact) mass is 255 g/mol. The van der Waals surface area contributed by atoms with Gasteiger partial charge in [-0.2, -0.15) is 0 Å². The number of aliphatic carboxylic acids is 1. The number of benzene rings is 1. The van der Waals surface area contributed by atoms with Gasteiger partial charge in [-0.15, -0.1) is 0 Å². The molecule has 0 radical (unpaired) electrons. The third kappa shape index (κ3) is 3.46. The number of nitrogens with zero attached hydrogens (tertiary/aromatic N) is 1. The number of carboxylic acid groups (broad SMARTS) is 1. The van der Waals surface area contributed by atoms with Crippen molar-refractivity contribution in [1.29, 1.82) is 0 Å². The van der Waals surface area contributed by atoms with Gasteiger partial charge in [0.1, 0.15) is 0 Å². The van der Waals surface area contributed by atoms with Crippen LogP contribution in [0.1, 0.15) is 22.3 Å². The molecular weight excluding hydrogens is 242 g/mol. The smallest absolute Gasteiger partial charge is 0.305 e. The summed E-state index contributed by atoms with van der Waals surface area (Å²) in [5, 5.41) is 9.08. The van der Waals surface area contributed by atoms with Crippen LogP contribution in [-0.4, -0.2) is 35.5 Å². The van der Waals surface area contributed by atoms with Crippen LogP contribution in [0.4, 0.5) is 0 Å². The Bertz CT molecular complexity index is 445. The van der Waals surface area contributed by atoms with E-state index in [0.717, 1.165) is 0 Å². The molecule has 1 aromatic rings. The van der Waals surface area contributed by atoms with Crippen LogP contribution < -0.4 is 0 Å². The van der Waals surface area contributed by atoms with Gasteiger partial charge in [-0.1, -0.05) is 17.7 Å². The van der Waals surface area contributed by atoms with E-state index < -0.39 is 5.97 Å². The van der Waals surface area contributed by atoms with E-state index in [1.807, 2.05) is 0 Å². The standard InChI is InChI=1S/C12H14ClNO3/c1-8-9(4-3-5-10(8)13)12(17)14(2)7-6-11(15)16/h3-5H,6-7H2,1-2H3,(H,15,16). The van der Waals surface area contributed by atoms with Crippen LogP contribution in [0.5, 0.6) is 0 Å². The summed E-state index contributed by atoms with van der Waals surface area (Å²) < 4.78 is 0. The molecule has 17 heavy (non-hydrogen) atoms. The van der Waals surface area contributed by atoms with Crippen molar-refractivity contribution >= 4 is 23.5 Å². The number of halogens is 1. The Hall–Kier alpha value is -1.55. The second kappa shape index (κ2) is 5.68. The summed E-state index contributed by atoms with van der Waals surface area (Å²) in [6.07, 6.45) is -0.0676. The van der Waals surface area contributed by atoms with E-state index in [1.165, 1.54) is 4.90 Å². The van der Waals surface area contributed by atoms with Crippen LogP contribution in [0.15, 0.2) is 18.2 Å². The summed E-state index contributed by atoms with van der Waals surface area (Å²) in [6, 6.07) is 5.10. The molecule has 0 fully saturated rings. The van der Waals surface area contributed by atoms with E-state index in [9.17, 15) is 9.59 Å². The molecule has 1 rings (SSSR count). The minimum atomic E-state index is -0.924. The summed E-state index contributed by atoms with van der Waals surface area (Å²) in [6.45, 7) is 1.95. The molecule has 0 atom stereocenters. The first-order valence-electron chi connectivity index (χ1n) is 5.16. The molecule has 0 saturated carbocycles. The van der Waals surface area contributed by atoms with E-state index in [0.29, 0.717) is 16.1 Å². The first-order chi connectivity index (χ1) is 7.93. The van der Waals surface area contributed by atoms with Gasteiger partial charge in [-0.3, -0.25) is 9.59 Å². The summed E-state index contributed by atoms with van der Waals surface area (Å²) in [4.78, 5) is 23.8. The number of hydrogen-bond donors (Lipinski definition) is 1. The van der Waals surface area contributed by atoms with E-state index >= 15 is 0 Å². The lowest BCUT2D eigenvalue weighted by atomic mass is 10.1. The summed E-state index contributed by atoms with van der Waals surface area (Å²) in [7, 11) is 1.58. The number of carboxylic acids is 1. The highest BCUT2D eigenvalue weighted by Gasteiger charge is 2.15. The van der Waals surface area contributed by atoms with E-state index in [1.54, 1.807) is 32.2 Å². The number of hydrogen-bond acceptors (Lipinski definition) is 2. The molecule has 0 bridgehead atoms. The fourth-order valence-electron chi connectivity index (χ4n) is 1.41. The van der Waals surface area contributed by atoms with Crippen molar-refractivity contribution < 1.29 is 14.7 Å². The Kier molecular flexibility index (Phi) is 4.52. The van der Waals surface area contributed by atoms with Crippen LogP contribution in [0.3, 0.4) is 0 Å². The van der Waals surface area contributed by atoms with Crippen LogP contribution in [-0.2, 0) is 4.79 Å². The van der Waals surface area contributed by atoms with Crippen molar-refractivity contribution in [1.82, 2.24) is 4.90 Å². The van der Waals surface area contributed by atoms with E-state index in [2.05, 4.69) is 0 Å². The minimum Gasteiger partial charge on any atom is -0.481 e. The summed E-state index contributed by atoms with van der Waals surface area (Å²) in [5.74, 6) is -1.14. The number of carbonyl (C=O) groups is 2. The molecule has 0 aliphatic carbocycles. The molecule has 1 aromatic carbocycles. The molecule has 0 unspecified atom stereocenters. The zero-order valence-electron chi connectivity index (χ0n) is 9.74. The predicted octanol–water partition coefficient (Wildman–Crippen LogP) is 2.20. The molecule has 92 valence electrons. The van der Waals surface area contributed by atoms with Crippen molar-refractivity contribution in [2.45, 2.75) is 13.3 Å². The maximum absolute atomic E-state index is 12.0. The minimum absolute atomic E-state index is 0.0676. The molecule has 0 aromatic heterocycles. The molecule has 1 amide bonds. The molecule has 4 nitrogen and oxygen atoms in total. The Labute approximate surface area is 105 Å². The normalized spacial score (nSPS) is 10.1. The van der Waals surface area contributed by atoms with Crippen molar-refractivity contribution in [3.8, 4) is 0 Å². The molecule has 0 heterocycles. The van der Waals surface area contributed by atoms with Crippen LogP contribution in [0.2, 0.25) is 5.02 Å². The highest BCUT2D eigenvalue weighted by molar-refractivity contribution is 6.31. The highest BCUT2D eigenvalue weighted by Crippen LogP contribution is 2.19. The Morgan fingerprint density at radius 3 is 2.65 bits per heavy atom. The molecular formula is C12H14ClNO3. The van der Waals surface area contributed by atoms with Gasteiger partial charge in [-0.25, -0.2) is 0 Å². The van der Waals surface area contributed by atoms with Gasteiger partial charge < -0.3 is 10.0 Å². The highest BCUT2D eigenvalue weighted by atomic mass is 35.5. The SMILES string of the molecule is Cc1c(Cl)cccc1C(=O)N(C)CCC(=O)O. The van der Waals surface area contributed by atoms with Gasteiger partial charge in [0.2, 0.25) is 0 Å². The fourth-order valence-corrected chi connectivity index (χ4v) is 1.58. The van der Waals surface area contributed by atoms with Gasteiger partial charge in [-0.05, 0) is 24.6 Å². The predicted molar refractivity (Wildman–Crippen MR) is 65.4 cm³/mol.